The first-order valence-corrected chi connectivity index (χ1v) is 9.24. The largest absolute Gasteiger partial charge is 0.417 e. The van der Waals surface area contributed by atoms with E-state index in [0.717, 1.165) is 24.1 Å². The van der Waals surface area contributed by atoms with Gasteiger partial charge in [-0.05, 0) is 57.3 Å². The number of carbonyl (C=O) groups is 2. The van der Waals surface area contributed by atoms with Gasteiger partial charge in [-0.3, -0.25) is 14.5 Å². The normalized spacial score (nSPS) is 17.1. The minimum absolute atomic E-state index is 0.143. The molecule has 1 fully saturated rings. The number of allylic oxidation sites excluding steroid dienone is 3. The molecule has 2 rings (SSSR count). The highest BCUT2D eigenvalue weighted by Crippen LogP contribution is 2.35. The molecule has 31 heavy (non-hydrogen) atoms. The molecule has 1 aromatic carbocycles. The van der Waals surface area contributed by atoms with E-state index in [1.54, 1.807) is 0 Å². The van der Waals surface area contributed by atoms with E-state index < -0.39 is 40.5 Å². The Hall–Kier alpha value is -3.26. The van der Waals surface area contributed by atoms with Gasteiger partial charge in [0.25, 0.3) is 11.8 Å². The third kappa shape index (κ3) is 4.44. The molecule has 1 N–H and O–H groups in total. The standard InChI is InChI=1S/C20H18F4N4O2S/c1-11(10-25)14(20(22,23)24)7-8-27-17(30)19(2,3)28(18(27)31)12-5-6-13(15(21)9-12)16(29)26-4/h5-9H,1-4H3,(H,26,29)/b8-7+,14-11-. The van der Waals surface area contributed by atoms with Crippen molar-refractivity contribution in [3.05, 3.63) is 53.0 Å². The van der Waals surface area contributed by atoms with Crippen molar-refractivity contribution in [1.82, 2.24) is 10.2 Å². The SMILES string of the molecule is CNC(=O)c1ccc(N2C(=S)N(/C=C/C(=C(\C)C#N)C(F)(F)F)C(=O)C2(C)C)cc1F. The molecule has 0 unspecified atom stereocenters. The van der Waals surface area contributed by atoms with E-state index in [2.05, 4.69) is 5.32 Å². The first kappa shape index (κ1) is 24.0. The van der Waals surface area contributed by atoms with Crippen LogP contribution in [0.2, 0.25) is 0 Å². The highest BCUT2D eigenvalue weighted by molar-refractivity contribution is 7.80. The van der Waals surface area contributed by atoms with E-state index in [0.29, 0.717) is 6.08 Å². The summed E-state index contributed by atoms with van der Waals surface area (Å²) in [4.78, 5) is 26.7. The summed E-state index contributed by atoms with van der Waals surface area (Å²) < 4.78 is 54.1. The van der Waals surface area contributed by atoms with Gasteiger partial charge in [0.05, 0.1) is 17.2 Å². The van der Waals surface area contributed by atoms with Crippen molar-refractivity contribution in [3.8, 4) is 6.07 Å². The smallest absolute Gasteiger partial charge is 0.355 e. The zero-order valence-electron chi connectivity index (χ0n) is 17.0. The summed E-state index contributed by atoms with van der Waals surface area (Å²) in [5, 5.41) is 10.9. The van der Waals surface area contributed by atoms with Crippen LogP contribution in [0.15, 0.2) is 41.6 Å². The molecule has 1 aromatic rings. The lowest BCUT2D eigenvalue weighted by Crippen LogP contribution is -2.44. The fourth-order valence-corrected chi connectivity index (χ4v) is 3.47. The summed E-state index contributed by atoms with van der Waals surface area (Å²) in [6, 6.07) is 5.04. The van der Waals surface area contributed by atoms with Crippen LogP contribution in [0, 0.1) is 17.1 Å². The number of thiocarbonyl (C=S) groups is 1. The Morgan fingerprint density at radius 3 is 2.42 bits per heavy atom. The maximum Gasteiger partial charge on any atom is 0.417 e. The van der Waals surface area contributed by atoms with Gasteiger partial charge in [0.1, 0.15) is 11.4 Å². The van der Waals surface area contributed by atoms with Crippen molar-refractivity contribution in [2.24, 2.45) is 0 Å². The molecule has 1 saturated heterocycles. The maximum atomic E-state index is 14.4. The summed E-state index contributed by atoms with van der Waals surface area (Å²) in [5.74, 6) is -2.16. The van der Waals surface area contributed by atoms with E-state index in [4.69, 9.17) is 17.5 Å². The number of hydrogen-bond acceptors (Lipinski definition) is 4. The summed E-state index contributed by atoms with van der Waals surface area (Å²) in [6.45, 7) is 3.95. The van der Waals surface area contributed by atoms with Gasteiger partial charge in [-0.25, -0.2) is 4.39 Å². The number of nitrogens with zero attached hydrogens (tertiary/aromatic N) is 3. The number of benzene rings is 1. The zero-order chi connectivity index (χ0) is 23.7. The molecule has 1 heterocycles. The second-order valence-corrected chi connectivity index (χ2v) is 7.42. The fraction of sp³-hybridized carbons (Fsp3) is 0.300. The van der Waals surface area contributed by atoms with Crippen LogP contribution in [0.25, 0.3) is 0 Å². The maximum absolute atomic E-state index is 14.4. The van der Waals surface area contributed by atoms with Crippen molar-refractivity contribution < 1.29 is 27.2 Å². The fourth-order valence-electron chi connectivity index (χ4n) is 2.99. The van der Waals surface area contributed by atoms with E-state index in [1.165, 1.54) is 44.0 Å². The number of nitriles is 1. The van der Waals surface area contributed by atoms with Crippen molar-refractivity contribution in [3.63, 3.8) is 0 Å². The Labute approximate surface area is 181 Å². The number of hydrogen-bond donors (Lipinski definition) is 1. The van der Waals surface area contributed by atoms with Crippen LogP contribution in [-0.2, 0) is 4.79 Å². The van der Waals surface area contributed by atoms with Crippen LogP contribution in [0.1, 0.15) is 31.1 Å². The second-order valence-electron chi connectivity index (χ2n) is 7.06. The van der Waals surface area contributed by atoms with Gasteiger partial charge in [0.2, 0.25) is 0 Å². The van der Waals surface area contributed by atoms with Gasteiger partial charge in [0.15, 0.2) is 5.11 Å². The molecule has 1 aliphatic rings. The molecule has 1 aliphatic heterocycles. The summed E-state index contributed by atoms with van der Waals surface area (Å²) >= 11 is 5.28. The summed E-state index contributed by atoms with van der Waals surface area (Å²) in [7, 11) is 1.34. The number of halogens is 4. The Balaban J connectivity index is 2.49. The van der Waals surface area contributed by atoms with E-state index >= 15 is 0 Å². The first-order valence-electron chi connectivity index (χ1n) is 8.83. The molecule has 0 bridgehead atoms. The Bertz CT molecular complexity index is 1050. The molecule has 0 atom stereocenters. The number of carbonyl (C=O) groups excluding carboxylic acids is 2. The summed E-state index contributed by atoms with van der Waals surface area (Å²) in [6.07, 6.45) is -3.38. The molecule has 0 radical (unpaired) electrons. The quantitative estimate of drug-likeness (QED) is 0.324. The van der Waals surface area contributed by atoms with Crippen LogP contribution < -0.4 is 10.2 Å². The lowest BCUT2D eigenvalue weighted by atomic mass is 10.0. The van der Waals surface area contributed by atoms with Crippen LogP contribution in [0.3, 0.4) is 0 Å². The van der Waals surface area contributed by atoms with Crippen molar-refractivity contribution >= 4 is 34.8 Å². The third-order valence-electron chi connectivity index (χ3n) is 4.65. The Kier molecular flexibility index (Phi) is 6.56. The number of anilines is 1. The first-order chi connectivity index (χ1) is 14.3. The number of rotatable bonds is 4. The highest BCUT2D eigenvalue weighted by atomic mass is 32.1. The average molecular weight is 454 g/mol. The molecule has 6 nitrogen and oxygen atoms in total. The molecule has 0 spiro atoms. The topological polar surface area (TPSA) is 76.4 Å². The van der Waals surface area contributed by atoms with Crippen LogP contribution in [0.5, 0.6) is 0 Å². The summed E-state index contributed by atoms with van der Waals surface area (Å²) in [5.41, 5.74) is -3.23. The van der Waals surface area contributed by atoms with Gasteiger partial charge in [-0.2, -0.15) is 18.4 Å². The van der Waals surface area contributed by atoms with Crippen molar-refractivity contribution in [2.45, 2.75) is 32.5 Å². The molecular formula is C20H18F4N4O2S. The van der Waals surface area contributed by atoms with Gasteiger partial charge >= 0.3 is 6.18 Å². The predicted octanol–water partition coefficient (Wildman–Crippen LogP) is 3.81. The van der Waals surface area contributed by atoms with Crippen molar-refractivity contribution in [2.75, 3.05) is 11.9 Å². The molecule has 164 valence electrons. The molecule has 0 aromatic heterocycles. The minimum atomic E-state index is -4.81. The lowest BCUT2D eigenvalue weighted by Gasteiger charge is -2.29. The third-order valence-corrected chi connectivity index (χ3v) is 5.03. The van der Waals surface area contributed by atoms with Crippen LogP contribution in [0.4, 0.5) is 23.2 Å². The Morgan fingerprint density at radius 2 is 1.94 bits per heavy atom. The van der Waals surface area contributed by atoms with Gasteiger partial charge in [-0.15, -0.1) is 0 Å². The molecular weight excluding hydrogens is 436 g/mol. The Morgan fingerprint density at radius 1 is 1.32 bits per heavy atom. The highest BCUT2D eigenvalue weighted by Gasteiger charge is 2.49. The van der Waals surface area contributed by atoms with E-state index in [-0.39, 0.29) is 16.4 Å². The molecule has 2 amide bonds. The number of nitrogens with one attached hydrogen (secondary N) is 1. The molecule has 11 heteroatoms. The average Bonchev–Trinajstić information content (AvgIpc) is 2.85. The van der Waals surface area contributed by atoms with E-state index in [9.17, 15) is 27.2 Å². The molecule has 0 saturated carbocycles. The zero-order valence-corrected chi connectivity index (χ0v) is 17.8. The van der Waals surface area contributed by atoms with E-state index in [1.807, 2.05) is 0 Å². The number of amides is 2. The van der Waals surface area contributed by atoms with Crippen LogP contribution >= 0.6 is 12.2 Å². The second kappa shape index (κ2) is 8.47. The molecule has 0 aliphatic carbocycles. The van der Waals surface area contributed by atoms with Crippen molar-refractivity contribution in [1.29, 1.82) is 5.26 Å². The predicted molar refractivity (Wildman–Crippen MR) is 109 cm³/mol. The number of alkyl halides is 3. The van der Waals surface area contributed by atoms with Gasteiger partial charge < -0.3 is 10.2 Å². The van der Waals surface area contributed by atoms with Gasteiger partial charge in [0, 0.05) is 24.5 Å². The van der Waals surface area contributed by atoms with Crippen LogP contribution in [-0.4, -0.2) is 40.6 Å². The lowest BCUT2D eigenvalue weighted by molar-refractivity contribution is -0.127. The van der Waals surface area contributed by atoms with Gasteiger partial charge in [-0.1, -0.05) is 0 Å². The monoisotopic (exact) mass is 454 g/mol. The minimum Gasteiger partial charge on any atom is -0.355 e.